The van der Waals surface area contributed by atoms with Gasteiger partial charge in [-0.3, -0.25) is 9.98 Å². The average Bonchev–Trinajstić information content (AvgIpc) is 2.74. The largest absolute Gasteiger partial charge is 0.549 e. The second-order valence-electron chi connectivity index (χ2n) is 4.77. The van der Waals surface area contributed by atoms with Crippen LogP contribution in [-0.2, 0) is 14.3 Å². The van der Waals surface area contributed by atoms with Crippen molar-refractivity contribution in [1.29, 1.82) is 0 Å². The van der Waals surface area contributed by atoms with Crippen LogP contribution < -0.4 is 5.11 Å². The molecule has 1 aliphatic rings. The zero-order valence-corrected chi connectivity index (χ0v) is 12.0. The van der Waals surface area contributed by atoms with Gasteiger partial charge in [0.05, 0.1) is 29.3 Å². The zero-order chi connectivity index (χ0) is 15.6. The molecular formula is C15H15N2O4-. The molecule has 0 spiro atoms. The van der Waals surface area contributed by atoms with Gasteiger partial charge in [0.1, 0.15) is 5.70 Å². The summed E-state index contributed by atoms with van der Waals surface area (Å²) in [6, 6.07) is 5.11. The van der Waals surface area contributed by atoms with E-state index in [-0.39, 0.29) is 23.6 Å². The molecule has 0 bridgehead atoms. The molecular weight excluding hydrogens is 272 g/mol. The number of ether oxygens (including phenoxy) is 1. The van der Waals surface area contributed by atoms with Gasteiger partial charge < -0.3 is 14.6 Å². The lowest BCUT2D eigenvalue weighted by Crippen LogP contribution is -2.46. The van der Waals surface area contributed by atoms with Crippen LogP contribution in [0.15, 0.2) is 35.0 Å². The molecule has 21 heavy (non-hydrogen) atoms. The maximum atomic E-state index is 12.2. The van der Waals surface area contributed by atoms with Gasteiger partial charge in [-0.1, -0.05) is 6.07 Å². The van der Waals surface area contributed by atoms with E-state index < -0.39 is 17.4 Å². The quantitative estimate of drug-likeness (QED) is 0.756. The van der Waals surface area contributed by atoms with E-state index in [1.165, 1.54) is 6.92 Å². The summed E-state index contributed by atoms with van der Waals surface area (Å²) in [7, 11) is 0. The van der Waals surface area contributed by atoms with E-state index in [4.69, 9.17) is 4.74 Å². The lowest BCUT2D eigenvalue weighted by atomic mass is 9.79. The minimum Gasteiger partial charge on any atom is -0.549 e. The number of aliphatic carboxylic acids is 1. The fourth-order valence-corrected chi connectivity index (χ4v) is 2.20. The van der Waals surface area contributed by atoms with E-state index >= 15 is 0 Å². The molecule has 6 heteroatoms. The van der Waals surface area contributed by atoms with E-state index in [0.29, 0.717) is 5.69 Å². The third-order valence-electron chi connectivity index (χ3n) is 3.54. The van der Waals surface area contributed by atoms with Crippen molar-refractivity contribution in [2.24, 2.45) is 10.4 Å². The van der Waals surface area contributed by atoms with Crippen molar-refractivity contribution in [3.05, 3.63) is 35.7 Å². The van der Waals surface area contributed by atoms with Crippen LogP contribution >= 0.6 is 0 Å². The molecule has 1 aliphatic heterocycles. The van der Waals surface area contributed by atoms with Crippen molar-refractivity contribution in [3.63, 3.8) is 0 Å². The van der Waals surface area contributed by atoms with Crippen LogP contribution in [0.2, 0.25) is 0 Å². The van der Waals surface area contributed by atoms with Gasteiger partial charge in [0.25, 0.3) is 0 Å². The van der Waals surface area contributed by atoms with Crippen LogP contribution in [0.5, 0.6) is 0 Å². The maximum absolute atomic E-state index is 12.2. The molecule has 2 rings (SSSR count). The van der Waals surface area contributed by atoms with Gasteiger partial charge in [0, 0.05) is 11.9 Å². The normalized spacial score (nSPS) is 21.2. The molecule has 0 saturated carbocycles. The van der Waals surface area contributed by atoms with Crippen molar-refractivity contribution in [3.8, 4) is 0 Å². The molecule has 0 amide bonds. The minimum absolute atomic E-state index is 0.0412. The summed E-state index contributed by atoms with van der Waals surface area (Å²) in [5, 5.41) is 11.6. The number of carboxylic acid groups (broad SMARTS) is 1. The summed E-state index contributed by atoms with van der Waals surface area (Å²) < 4.78 is 4.98. The van der Waals surface area contributed by atoms with Crippen LogP contribution in [0.1, 0.15) is 26.5 Å². The zero-order valence-electron chi connectivity index (χ0n) is 12.0. The Labute approximate surface area is 122 Å². The highest BCUT2D eigenvalue weighted by molar-refractivity contribution is 6.21. The van der Waals surface area contributed by atoms with Gasteiger partial charge in [-0.25, -0.2) is 4.79 Å². The van der Waals surface area contributed by atoms with E-state index in [0.717, 1.165) is 0 Å². The van der Waals surface area contributed by atoms with Gasteiger partial charge in [0.2, 0.25) is 0 Å². The lowest BCUT2D eigenvalue weighted by Gasteiger charge is -2.28. The molecule has 1 aromatic heterocycles. The Morgan fingerprint density at radius 1 is 1.38 bits per heavy atom. The first kappa shape index (κ1) is 14.9. The SMILES string of the molecule is CCOC(=O)C1=C(c2ccccn2)N=C(C)C1(C)C(=O)[O-]. The van der Waals surface area contributed by atoms with E-state index in [1.807, 2.05) is 0 Å². The van der Waals surface area contributed by atoms with Crippen molar-refractivity contribution in [1.82, 2.24) is 4.98 Å². The van der Waals surface area contributed by atoms with Gasteiger partial charge in [-0.05, 0) is 32.9 Å². The Morgan fingerprint density at radius 2 is 2.10 bits per heavy atom. The Hall–Kier alpha value is -2.50. The third-order valence-corrected chi connectivity index (χ3v) is 3.54. The molecule has 0 radical (unpaired) electrons. The van der Waals surface area contributed by atoms with Gasteiger partial charge in [0.15, 0.2) is 0 Å². The molecule has 0 fully saturated rings. The highest BCUT2D eigenvalue weighted by Gasteiger charge is 2.45. The highest BCUT2D eigenvalue weighted by atomic mass is 16.5. The topological polar surface area (TPSA) is 91.7 Å². The second-order valence-corrected chi connectivity index (χ2v) is 4.77. The number of carbonyl (C=O) groups excluding carboxylic acids is 2. The number of carboxylic acids is 1. The molecule has 1 unspecified atom stereocenters. The molecule has 2 heterocycles. The summed E-state index contributed by atoms with van der Waals surface area (Å²) in [6.07, 6.45) is 1.55. The van der Waals surface area contributed by atoms with Crippen molar-refractivity contribution in [2.75, 3.05) is 6.61 Å². The average molecular weight is 287 g/mol. The summed E-state index contributed by atoms with van der Waals surface area (Å²) in [5.41, 5.74) is -0.742. The fourth-order valence-electron chi connectivity index (χ4n) is 2.20. The molecule has 110 valence electrons. The van der Waals surface area contributed by atoms with Crippen LogP contribution in [0, 0.1) is 5.41 Å². The Morgan fingerprint density at radius 3 is 2.62 bits per heavy atom. The number of carbonyl (C=O) groups is 2. The van der Waals surface area contributed by atoms with Crippen molar-refractivity contribution in [2.45, 2.75) is 20.8 Å². The van der Waals surface area contributed by atoms with E-state index in [1.54, 1.807) is 38.2 Å². The lowest BCUT2D eigenvalue weighted by molar-refractivity contribution is -0.312. The minimum atomic E-state index is -1.61. The maximum Gasteiger partial charge on any atom is 0.337 e. The Bertz CT molecular complexity index is 649. The summed E-state index contributed by atoms with van der Waals surface area (Å²) in [5.74, 6) is -2.11. The van der Waals surface area contributed by atoms with E-state index in [9.17, 15) is 14.7 Å². The first-order chi connectivity index (χ1) is 9.92. The van der Waals surface area contributed by atoms with Crippen LogP contribution in [-0.4, -0.2) is 29.2 Å². The fraction of sp³-hybridized carbons (Fsp3) is 0.333. The van der Waals surface area contributed by atoms with Crippen molar-refractivity contribution >= 4 is 23.3 Å². The summed E-state index contributed by atoms with van der Waals surface area (Å²) >= 11 is 0. The predicted molar refractivity (Wildman–Crippen MR) is 74.0 cm³/mol. The van der Waals surface area contributed by atoms with Crippen LogP contribution in [0.25, 0.3) is 5.70 Å². The standard InChI is InChI=1S/C15H16N2O4/c1-4-21-13(18)11-12(10-7-5-6-8-16-10)17-9(2)15(11,3)14(19)20/h5-8H,4H2,1-3H3,(H,19,20)/p-1. The number of hydrogen-bond donors (Lipinski definition) is 0. The van der Waals surface area contributed by atoms with Crippen molar-refractivity contribution < 1.29 is 19.4 Å². The molecule has 1 aromatic rings. The number of hydrogen-bond acceptors (Lipinski definition) is 6. The molecule has 0 aromatic carbocycles. The predicted octanol–water partition coefficient (Wildman–Crippen LogP) is 0.587. The Balaban J connectivity index is 2.67. The van der Waals surface area contributed by atoms with Gasteiger partial charge >= 0.3 is 5.97 Å². The first-order valence-corrected chi connectivity index (χ1v) is 6.53. The monoisotopic (exact) mass is 287 g/mol. The smallest absolute Gasteiger partial charge is 0.337 e. The third kappa shape index (κ3) is 2.33. The summed E-state index contributed by atoms with van der Waals surface area (Å²) in [4.78, 5) is 32.2. The number of nitrogens with zero attached hydrogens (tertiary/aromatic N) is 2. The highest BCUT2D eigenvalue weighted by Crippen LogP contribution is 2.41. The van der Waals surface area contributed by atoms with Gasteiger partial charge in [-0.15, -0.1) is 0 Å². The molecule has 0 N–H and O–H groups in total. The number of rotatable bonds is 4. The molecule has 0 aliphatic carbocycles. The van der Waals surface area contributed by atoms with E-state index in [2.05, 4.69) is 9.98 Å². The second kappa shape index (κ2) is 5.47. The number of aliphatic imine (C=N–C) groups is 1. The number of aromatic nitrogens is 1. The number of esters is 1. The van der Waals surface area contributed by atoms with Crippen LogP contribution in [0.3, 0.4) is 0 Å². The molecule has 0 saturated heterocycles. The first-order valence-electron chi connectivity index (χ1n) is 6.53. The van der Waals surface area contributed by atoms with Crippen LogP contribution in [0.4, 0.5) is 0 Å². The van der Waals surface area contributed by atoms with Gasteiger partial charge in [-0.2, -0.15) is 0 Å². The summed E-state index contributed by atoms with van der Waals surface area (Å²) in [6.45, 7) is 4.73. The number of pyridine rings is 1. The Kier molecular flexibility index (Phi) is 3.88. The molecule has 6 nitrogen and oxygen atoms in total. The molecule has 1 atom stereocenters.